The first-order valence-corrected chi connectivity index (χ1v) is 16.5. The monoisotopic (exact) mass is 568 g/mol. The number of ether oxygens (including phenoxy) is 2. The van der Waals surface area contributed by atoms with Gasteiger partial charge >= 0.3 is 11.9 Å². The van der Waals surface area contributed by atoms with Crippen LogP contribution in [-0.2, 0) is 19.1 Å². The lowest BCUT2D eigenvalue weighted by Crippen LogP contribution is -2.51. The third kappa shape index (κ3) is 9.20. The Labute approximate surface area is 249 Å². The summed E-state index contributed by atoms with van der Waals surface area (Å²) in [6, 6.07) is 8.72. The molecular weight excluding hydrogens is 512 g/mol. The smallest absolute Gasteiger partial charge is 0.325 e. The highest BCUT2D eigenvalue weighted by Gasteiger charge is 2.39. The van der Waals surface area contributed by atoms with E-state index in [0.29, 0.717) is 11.6 Å². The fourth-order valence-electron chi connectivity index (χ4n) is 7.45. The topological polar surface area (TPSA) is 67.9 Å². The number of rotatable bonds is 8. The van der Waals surface area contributed by atoms with Crippen molar-refractivity contribution in [1.82, 2.24) is 4.90 Å². The molecule has 0 atom stereocenters. The summed E-state index contributed by atoms with van der Waals surface area (Å²) in [5, 5.41) is 3.74. The number of para-hydroxylation sites is 1. The molecule has 0 bridgehead atoms. The molecule has 0 aromatic heterocycles. The molecule has 1 heterocycles. The summed E-state index contributed by atoms with van der Waals surface area (Å²) in [7, 11) is 0. The van der Waals surface area contributed by atoms with Gasteiger partial charge in [0.15, 0.2) is 5.92 Å². The third-order valence-corrected chi connectivity index (χ3v) is 9.13. The fourth-order valence-corrected chi connectivity index (χ4v) is 7.45. The summed E-state index contributed by atoms with van der Waals surface area (Å²) in [6.07, 6.45) is 16.2. The van der Waals surface area contributed by atoms with Crippen LogP contribution in [-0.4, -0.2) is 53.2 Å². The predicted molar refractivity (Wildman–Crippen MR) is 166 cm³/mol. The van der Waals surface area contributed by atoms with Gasteiger partial charge in [-0.25, -0.2) is 0 Å². The number of nitrogens with one attached hydrogen (secondary N) is 1. The van der Waals surface area contributed by atoms with E-state index in [1.807, 2.05) is 65.8 Å². The molecule has 1 N–H and O–H groups in total. The van der Waals surface area contributed by atoms with Crippen molar-refractivity contribution in [2.45, 2.75) is 148 Å². The SMILES string of the molecule is CC(C)(C)OC(=O)C(C(=O)OC(C)(C)C)c1ccccc1NC1CCN(C(C2CCCCC2)C2CCCCC2)CC1. The molecule has 0 unspecified atom stereocenters. The first-order chi connectivity index (χ1) is 19.4. The summed E-state index contributed by atoms with van der Waals surface area (Å²) in [4.78, 5) is 29.6. The van der Waals surface area contributed by atoms with E-state index in [1.165, 1.54) is 64.2 Å². The lowest BCUT2D eigenvalue weighted by atomic mass is 9.72. The van der Waals surface area contributed by atoms with Crippen molar-refractivity contribution in [1.29, 1.82) is 0 Å². The van der Waals surface area contributed by atoms with Gasteiger partial charge in [-0.05, 0) is 98.0 Å². The zero-order valence-electron chi connectivity index (χ0n) is 26.7. The van der Waals surface area contributed by atoms with Crippen LogP contribution >= 0.6 is 0 Å². The molecule has 3 fully saturated rings. The van der Waals surface area contributed by atoms with Gasteiger partial charge in [0.2, 0.25) is 0 Å². The van der Waals surface area contributed by atoms with Crippen LogP contribution in [0.2, 0.25) is 0 Å². The second kappa shape index (κ2) is 13.9. The van der Waals surface area contributed by atoms with Gasteiger partial charge in [0.1, 0.15) is 11.2 Å². The maximum Gasteiger partial charge on any atom is 0.325 e. The maximum atomic E-state index is 13.4. The quantitative estimate of drug-likeness (QED) is 0.254. The summed E-state index contributed by atoms with van der Waals surface area (Å²) in [5.74, 6) is -0.558. The van der Waals surface area contributed by atoms with E-state index in [0.717, 1.165) is 49.5 Å². The fraction of sp³-hybridized carbons (Fsp3) is 0.771. The van der Waals surface area contributed by atoms with Gasteiger partial charge in [0.25, 0.3) is 0 Å². The standard InChI is InChI=1S/C35H56N2O4/c1-34(2,3)40-32(38)30(33(39)41-35(4,5)6)28-19-13-14-20-29(28)36-27-21-23-37(24-22-27)31(25-15-9-7-10-16-25)26-17-11-8-12-18-26/h13-14,19-20,25-27,30-31,36H,7-12,15-18,21-24H2,1-6H3. The van der Waals surface area contributed by atoms with Crippen molar-refractivity contribution in [3.05, 3.63) is 29.8 Å². The van der Waals surface area contributed by atoms with Gasteiger partial charge in [-0.2, -0.15) is 0 Å². The Morgan fingerprint density at radius 3 is 1.66 bits per heavy atom. The largest absolute Gasteiger partial charge is 0.459 e. The average molecular weight is 569 g/mol. The van der Waals surface area contributed by atoms with Crippen LogP contribution in [0.3, 0.4) is 0 Å². The Morgan fingerprint density at radius 2 is 1.20 bits per heavy atom. The maximum absolute atomic E-state index is 13.4. The van der Waals surface area contributed by atoms with Gasteiger partial charge < -0.3 is 14.8 Å². The molecule has 0 amide bonds. The van der Waals surface area contributed by atoms with Crippen LogP contribution in [0, 0.1) is 11.8 Å². The molecule has 1 aromatic rings. The lowest BCUT2D eigenvalue weighted by Gasteiger charge is -2.47. The Bertz CT molecular complexity index is 944. The number of esters is 2. The molecular formula is C35H56N2O4. The Kier molecular flexibility index (Phi) is 10.8. The second-order valence-electron chi connectivity index (χ2n) is 14.8. The van der Waals surface area contributed by atoms with Crippen LogP contribution in [0.1, 0.15) is 130 Å². The van der Waals surface area contributed by atoms with Crippen LogP contribution in [0.4, 0.5) is 5.69 Å². The minimum absolute atomic E-state index is 0.295. The van der Waals surface area contributed by atoms with Crippen molar-refractivity contribution in [3.63, 3.8) is 0 Å². The van der Waals surface area contributed by atoms with Crippen LogP contribution < -0.4 is 5.32 Å². The lowest BCUT2D eigenvalue weighted by molar-refractivity contribution is -0.169. The number of piperidine rings is 1. The zero-order valence-corrected chi connectivity index (χ0v) is 26.7. The number of hydrogen-bond donors (Lipinski definition) is 1. The normalized spacial score (nSPS) is 20.8. The van der Waals surface area contributed by atoms with Crippen molar-refractivity contribution in [2.75, 3.05) is 18.4 Å². The molecule has 6 heteroatoms. The minimum atomic E-state index is -1.14. The highest BCUT2D eigenvalue weighted by atomic mass is 16.6. The number of hydrogen-bond acceptors (Lipinski definition) is 6. The van der Waals surface area contributed by atoms with Gasteiger partial charge in [-0.3, -0.25) is 14.5 Å². The number of nitrogens with zero attached hydrogens (tertiary/aromatic N) is 1. The Hall–Kier alpha value is -2.08. The highest BCUT2D eigenvalue weighted by molar-refractivity contribution is 6.02. The first kappa shape index (κ1) is 31.8. The van der Waals surface area contributed by atoms with E-state index in [2.05, 4.69) is 10.2 Å². The molecule has 230 valence electrons. The van der Waals surface area contributed by atoms with Crippen LogP contribution in [0.15, 0.2) is 24.3 Å². The highest BCUT2D eigenvalue weighted by Crippen LogP contribution is 2.40. The van der Waals surface area contributed by atoms with Crippen molar-refractivity contribution in [3.8, 4) is 0 Å². The van der Waals surface area contributed by atoms with Gasteiger partial charge in [0.05, 0.1) is 0 Å². The molecule has 41 heavy (non-hydrogen) atoms. The number of carbonyl (C=O) groups is 2. The average Bonchev–Trinajstić information content (AvgIpc) is 2.90. The van der Waals surface area contributed by atoms with Gasteiger partial charge in [-0.1, -0.05) is 56.7 Å². The number of anilines is 1. The van der Waals surface area contributed by atoms with Crippen LogP contribution in [0.25, 0.3) is 0 Å². The van der Waals surface area contributed by atoms with Crippen molar-refractivity contribution < 1.29 is 19.1 Å². The molecule has 0 radical (unpaired) electrons. The van der Waals surface area contributed by atoms with E-state index >= 15 is 0 Å². The predicted octanol–water partition coefficient (Wildman–Crippen LogP) is 7.86. The molecule has 0 spiro atoms. The summed E-state index contributed by atoms with van der Waals surface area (Å²) in [6.45, 7) is 13.2. The second-order valence-corrected chi connectivity index (χ2v) is 14.8. The summed E-state index contributed by atoms with van der Waals surface area (Å²) >= 11 is 0. The van der Waals surface area contributed by atoms with Crippen molar-refractivity contribution in [2.24, 2.45) is 11.8 Å². The Morgan fingerprint density at radius 1 is 0.732 bits per heavy atom. The van der Waals surface area contributed by atoms with E-state index in [1.54, 1.807) is 0 Å². The summed E-state index contributed by atoms with van der Waals surface area (Å²) < 4.78 is 11.4. The Balaban J connectivity index is 1.48. The molecule has 4 rings (SSSR count). The molecule has 6 nitrogen and oxygen atoms in total. The molecule has 1 aliphatic heterocycles. The third-order valence-electron chi connectivity index (χ3n) is 9.13. The molecule has 3 aliphatic rings. The molecule has 2 aliphatic carbocycles. The van der Waals surface area contributed by atoms with E-state index in [4.69, 9.17) is 9.47 Å². The molecule has 1 aromatic carbocycles. The van der Waals surface area contributed by atoms with Gasteiger partial charge in [-0.15, -0.1) is 0 Å². The molecule has 1 saturated heterocycles. The number of carbonyl (C=O) groups excluding carboxylic acids is 2. The number of benzene rings is 1. The van der Waals surface area contributed by atoms with E-state index in [9.17, 15) is 9.59 Å². The number of likely N-dealkylation sites (tertiary alicyclic amines) is 1. The van der Waals surface area contributed by atoms with E-state index in [-0.39, 0.29) is 0 Å². The zero-order chi connectivity index (χ0) is 29.6. The van der Waals surface area contributed by atoms with E-state index < -0.39 is 29.1 Å². The van der Waals surface area contributed by atoms with Crippen LogP contribution in [0.5, 0.6) is 0 Å². The van der Waals surface area contributed by atoms with Crippen molar-refractivity contribution >= 4 is 17.6 Å². The first-order valence-electron chi connectivity index (χ1n) is 16.5. The minimum Gasteiger partial charge on any atom is -0.459 e. The molecule has 2 saturated carbocycles. The van der Waals surface area contributed by atoms with Gasteiger partial charge in [0, 0.05) is 36.4 Å². The summed E-state index contributed by atoms with van der Waals surface area (Å²) in [5.41, 5.74) is 0.0315.